The average molecular weight is 285 g/mol. The molecule has 2 saturated heterocycles. The van der Waals surface area contributed by atoms with Gasteiger partial charge >= 0.3 is 5.97 Å². The number of carboxylic acids is 1. The number of hydrogen-bond acceptors (Lipinski definition) is 5. The molecular weight excluding hydrogens is 270 g/mol. The molecule has 0 amide bonds. The van der Waals surface area contributed by atoms with Crippen molar-refractivity contribution in [1.29, 1.82) is 0 Å². The SMILES string of the molecule is O=C(O)c1nc(NC2CC3CCC2O3)c2ccccc2n1. The lowest BCUT2D eigenvalue weighted by atomic mass is 9.95. The average Bonchev–Trinajstić information content (AvgIpc) is 3.09. The fourth-order valence-corrected chi connectivity index (χ4v) is 3.25. The number of anilines is 1. The highest BCUT2D eigenvalue weighted by atomic mass is 16.5. The highest BCUT2D eigenvalue weighted by Crippen LogP contribution is 2.36. The smallest absolute Gasteiger partial charge is 0.374 e. The summed E-state index contributed by atoms with van der Waals surface area (Å²) in [5, 5.41) is 13.4. The molecule has 2 aliphatic heterocycles. The number of nitrogens with zero attached hydrogens (tertiary/aromatic N) is 2. The maximum atomic E-state index is 11.2. The van der Waals surface area contributed by atoms with E-state index in [-0.39, 0.29) is 18.0 Å². The lowest BCUT2D eigenvalue weighted by molar-refractivity contribution is 0.0684. The molecule has 1 aromatic carbocycles. The van der Waals surface area contributed by atoms with E-state index in [1.165, 1.54) is 0 Å². The topological polar surface area (TPSA) is 84.3 Å². The van der Waals surface area contributed by atoms with Crippen LogP contribution in [0.2, 0.25) is 0 Å². The Kier molecular flexibility index (Phi) is 2.78. The first-order valence-corrected chi connectivity index (χ1v) is 7.13. The molecule has 0 radical (unpaired) electrons. The van der Waals surface area contributed by atoms with Gasteiger partial charge in [-0.05, 0) is 31.4 Å². The number of nitrogens with one attached hydrogen (secondary N) is 1. The van der Waals surface area contributed by atoms with Crippen LogP contribution in [0.4, 0.5) is 5.82 Å². The maximum Gasteiger partial charge on any atom is 0.374 e. The molecule has 0 saturated carbocycles. The molecule has 0 aliphatic carbocycles. The minimum absolute atomic E-state index is 0.180. The van der Waals surface area contributed by atoms with Gasteiger partial charge in [0.05, 0.1) is 23.8 Å². The van der Waals surface area contributed by atoms with Crippen LogP contribution < -0.4 is 5.32 Å². The van der Waals surface area contributed by atoms with Crippen molar-refractivity contribution in [3.63, 3.8) is 0 Å². The van der Waals surface area contributed by atoms with Crippen LogP contribution in [0.1, 0.15) is 29.9 Å². The summed E-state index contributed by atoms with van der Waals surface area (Å²) < 4.78 is 5.82. The van der Waals surface area contributed by atoms with Crippen LogP contribution in [0.15, 0.2) is 24.3 Å². The molecule has 4 rings (SSSR count). The van der Waals surface area contributed by atoms with Crippen LogP contribution in [0.3, 0.4) is 0 Å². The van der Waals surface area contributed by atoms with Crippen molar-refractivity contribution in [2.45, 2.75) is 37.5 Å². The van der Waals surface area contributed by atoms with E-state index in [9.17, 15) is 4.79 Å². The van der Waals surface area contributed by atoms with E-state index in [0.29, 0.717) is 17.4 Å². The van der Waals surface area contributed by atoms with Crippen molar-refractivity contribution in [2.24, 2.45) is 0 Å². The minimum Gasteiger partial charge on any atom is -0.475 e. The number of carboxylic acid groups (broad SMARTS) is 1. The third kappa shape index (κ3) is 2.12. The number of fused-ring (bicyclic) bond motifs is 3. The first-order chi connectivity index (χ1) is 10.2. The highest BCUT2D eigenvalue weighted by Gasteiger charge is 2.41. The molecule has 3 heterocycles. The fourth-order valence-electron chi connectivity index (χ4n) is 3.25. The van der Waals surface area contributed by atoms with Gasteiger partial charge in [-0.1, -0.05) is 12.1 Å². The number of aromatic carboxylic acids is 1. The summed E-state index contributed by atoms with van der Waals surface area (Å²) in [4.78, 5) is 19.4. The Hall–Kier alpha value is -2.21. The van der Waals surface area contributed by atoms with Crippen LogP contribution in [0.25, 0.3) is 10.9 Å². The Morgan fingerprint density at radius 1 is 1.29 bits per heavy atom. The van der Waals surface area contributed by atoms with E-state index in [1.54, 1.807) is 6.07 Å². The normalized spacial score (nSPS) is 27.1. The number of hydrogen-bond donors (Lipinski definition) is 2. The van der Waals surface area contributed by atoms with E-state index >= 15 is 0 Å². The molecule has 1 aromatic heterocycles. The molecule has 2 aromatic rings. The van der Waals surface area contributed by atoms with Gasteiger partial charge in [0.1, 0.15) is 5.82 Å². The maximum absolute atomic E-state index is 11.2. The van der Waals surface area contributed by atoms with Crippen LogP contribution in [0.5, 0.6) is 0 Å². The number of ether oxygens (including phenoxy) is 1. The molecular formula is C15H15N3O3. The summed E-state index contributed by atoms with van der Waals surface area (Å²) >= 11 is 0. The van der Waals surface area contributed by atoms with Crippen LogP contribution in [-0.2, 0) is 4.74 Å². The van der Waals surface area contributed by atoms with Gasteiger partial charge in [-0.3, -0.25) is 0 Å². The summed E-state index contributed by atoms with van der Waals surface area (Å²) in [5.74, 6) is -0.715. The van der Waals surface area contributed by atoms with Gasteiger partial charge in [-0.15, -0.1) is 0 Å². The zero-order valence-corrected chi connectivity index (χ0v) is 11.3. The second-order valence-corrected chi connectivity index (χ2v) is 5.58. The second-order valence-electron chi connectivity index (χ2n) is 5.58. The second kappa shape index (κ2) is 4.66. The molecule has 0 spiro atoms. The minimum atomic E-state index is -1.12. The van der Waals surface area contributed by atoms with Gasteiger partial charge < -0.3 is 15.2 Å². The number of rotatable bonds is 3. The molecule has 2 aliphatic rings. The molecule has 2 bridgehead atoms. The predicted octanol–water partition coefficient (Wildman–Crippen LogP) is 2.06. The molecule has 6 nitrogen and oxygen atoms in total. The van der Waals surface area contributed by atoms with Gasteiger partial charge in [0, 0.05) is 5.39 Å². The number of benzene rings is 1. The monoisotopic (exact) mass is 285 g/mol. The van der Waals surface area contributed by atoms with Crippen molar-refractivity contribution in [3.05, 3.63) is 30.1 Å². The summed E-state index contributed by atoms with van der Waals surface area (Å²) in [6.45, 7) is 0. The van der Waals surface area contributed by atoms with Crippen molar-refractivity contribution < 1.29 is 14.6 Å². The van der Waals surface area contributed by atoms with Crippen molar-refractivity contribution in [1.82, 2.24) is 9.97 Å². The third-order valence-electron chi connectivity index (χ3n) is 4.22. The quantitative estimate of drug-likeness (QED) is 0.898. The third-order valence-corrected chi connectivity index (χ3v) is 4.22. The van der Waals surface area contributed by atoms with Crippen molar-refractivity contribution in [2.75, 3.05) is 5.32 Å². The Morgan fingerprint density at radius 2 is 2.14 bits per heavy atom. The van der Waals surface area contributed by atoms with E-state index in [2.05, 4.69) is 15.3 Å². The molecule has 108 valence electrons. The van der Waals surface area contributed by atoms with Gasteiger partial charge in [0.25, 0.3) is 0 Å². The van der Waals surface area contributed by atoms with Crippen molar-refractivity contribution in [3.8, 4) is 0 Å². The molecule has 6 heteroatoms. The lowest BCUT2D eigenvalue weighted by Crippen LogP contribution is -2.31. The van der Waals surface area contributed by atoms with Gasteiger partial charge in [0.2, 0.25) is 5.82 Å². The summed E-state index contributed by atoms with van der Waals surface area (Å²) in [6, 6.07) is 7.63. The van der Waals surface area contributed by atoms with E-state index in [0.717, 1.165) is 24.6 Å². The first-order valence-electron chi connectivity index (χ1n) is 7.13. The lowest BCUT2D eigenvalue weighted by Gasteiger charge is -2.21. The summed E-state index contributed by atoms with van der Waals surface area (Å²) in [6.07, 6.45) is 3.66. The van der Waals surface area contributed by atoms with Crippen LogP contribution >= 0.6 is 0 Å². The highest BCUT2D eigenvalue weighted by molar-refractivity contribution is 5.93. The number of para-hydroxylation sites is 1. The van der Waals surface area contributed by atoms with Gasteiger partial charge in [-0.2, -0.15) is 0 Å². The Bertz CT molecular complexity index is 718. The Balaban J connectivity index is 1.74. The number of carbonyl (C=O) groups is 1. The molecule has 21 heavy (non-hydrogen) atoms. The number of aromatic nitrogens is 2. The summed E-state index contributed by atoms with van der Waals surface area (Å²) in [7, 11) is 0. The zero-order chi connectivity index (χ0) is 14.4. The van der Waals surface area contributed by atoms with Crippen LogP contribution in [0, 0.1) is 0 Å². The molecule has 2 fully saturated rings. The van der Waals surface area contributed by atoms with Gasteiger partial charge in [0.15, 0.2) is 0 Å². The molecule has 2 N–H and O–H groups in total. The summed E-state index contributed by atoms with van der Waals surface area (Å²) in [5.41, 5.74) is 0.636. The predicted molar refractivity (Wildman–Crippen MR) is 76.4 cm³/mol. The molecule has 3 atom stereocenters. The van der Waals surface area contributed by atoms with Crippen LogP contribution in [-0.4, -0.2) is 39.3 Å². The molecule has 3 unspecified atom stereocenters. The first kappa shape index (κ1) is 12.5. The van der Waals surface area contributed by atoms with Crippen molar-refractivity contribution >= 4 is 22.7 Å². The zero-order valence-electron chi connectivity index (χ0n) is 11.3. The standard InChI is InChI=1S/C15H15N3O3/c19-15(20)14-16-10-4-2-1-3-9(10)13(18-14)17-11-7-8-5-6-12(11)21-8/h1-4,8,11-12H,5-7H2,(H,19,20)(H,16,17,18). The Morgan fingerprint density at radius 3 is 2.86 bits per heavy atom. The van der Waals surface area contributed by atoms with E-state index in [4.69, 9.17) is 9.84 Å². The van der Waals surface area contributed by atoms with E-state index in [1.807, 2.05) is 18.2 Å². The van der Waals surface area contributed by atoms with E-state index < -0.39 is 5.97 Å². The largest absolute Gasteiger partial charge is 0.475 e. The van der Waals surface area contributed by atoms with Gasteiger partial charge in [-0.25, -0.2) is 14.8 Å². The Labute approximate surface area is 121 Å². The fraction of sp³-hybridized carbons (Fsp3) is 0.400.